The fourth-order valence-electron chi connectivity index (χ4n) is 3.76. The van der Waals surface area contributed by atoms with Gasteiger partial charge >= 0.3 is 0 Å². The molecule has 1 saturated heterocycles. The van der Waals surface area contributed by atoms with Crippen LogP contribution in [0.2, 0.25) is 5.02 Å². The van der Waals surface area contributed by atoms with Gasteiger partial charge in [0.25, 0.3) is 5.91 Å². The Morgan fingerprint density at radius 1 is 0.903 bits per heavy atom. The van der Waals surface area contributed by atoms with Crippen molar-refractivity contribution in [1.29, 1.82) is 0 Å². The van der Waals surface area contributed by atoms with Crippen LogP contribution in [0, 0.1) is 6.92 Å². The fourth-order valence-corrected chi connectivity index (χ4v) is 3.95. The lowest BCUT2D eigenvalue weighted by atomic mass is 10.1. The number of carbonyl (C=O) groups is 1. The Labute approximate surface area is 189 Å². The SMILES string of the molecule is Cc1ccc(CN2CCN(C(=O)c3cccc(COc4ccccc4Cl)c3)CC2)cc1. The van der Waals surface area contributed by atoms with Gasteiger partial charge in [0, 0.05) is 38.3 Å². The van der Waals surface area contributed by atoms with Gasteiger partial charge in [-0.25, -0.2) is 0 Å². The fraction of sp³-hybridized carbons (Fsp3) is 0.269. The van der Waals surface area contributed by atoms with Crippen LogP contribution < -0.4 is 4.74 Å². The molecule has 0 saturated carbocycles. The number of carbonyl (C=O) groups excluding carboxylic acids is 1. The maximum atomic E-state index is 13.0. The van der Waals surface area contributed by atoms with Crippen molar-refractivity contribution in [3.63, 3.8) is 0 Å². The van der Waals surface area contributed by atoms with E-state index < -0.39 is 0 Å². The van der Waals surface area contributed by atoms with Crippen LogP contribution in [0.25, 0.3) is 0 Å². The van der Waals surface area contributed by atoms with Crippen LogP contribution in [0.1, 0.15) is 27.0 Å². The number of piperazine rings is 1. The van der Waals surface area contributed by atoms with Gasteiger partial charge in [-0.15, -0.1) is 0 Å². The maximum absolute atomic E-state index is 13.0. The molecule has 1 aliphatic rings. The summed E-state index contributed by atoms with van der Waals surface area (Å²) in [5.74, 6) is 0.722. The van der Waals surface area contributed by atoms with Crippen LogP contribution in [-0.2, 0) is 13.2 Å². The maximum Gasteiger partial charge on any atom is 0.253 e. The molecule has 3 aromatic carbocycles. The Kier molecular flexibility index (Phi) is 6.90. The van der Waals surface area contributed by atoms with E-state index in [1.807, 2.05) is 47.4 Å². The number of hydrogen-bond acceptors (Lipinski definition) is 3. The summed E-state index contributed by atoms with van der Waals surface area (Å²) >= 11 is 6.15. The van der Waals surface area contributed by atoms with Gasteiger partial charge in [0.05, 0.1) is 5.02 Å². The van der Waals surface area contributed by atoms with Gasteiger partial charge in [-0.05, 0) is 42.3 Å². The van der Waals surface area contributed by atoms with Crippen molar-refractivity contribution in [3.05, 3.63) is 100 Å². The Morgan fingerprint density at radius 3 is 2.39 bits per heavy atom. The molecule has 0 N–H and O–H groups in total. The van der Waals surface area contributed by atoms with Crippen LogP contribution in [0.4, 0.5) is 0 Å². The number of rotatable bonds is 6. The number of para-hydroxylation sites is 1. The summed E-state index contributed by atoms with van der Waals surface area (Å²) in [6.07, 6.45) is 0. The number of amides is 1. The molecule has 4 rings (SSSR count). The van der Waals surface area contributed by atoms with Crippen molar-refractivity contribution < 1.29 is 9.53 Å². The van der Waals surface area contributed by atoms with Gasteiger partial charge in [0.2, 0.25) is 0 Å². The zero-order valence-corrected chi connectivity index (χ0v) is 18.5. The first-order valence-electron chi connectivity index (χ1n) is 10.6. The first-order valence-corrected chi connectivity index (χ1v) is 11.0. The minimum atomic E-state index is 0.0783. The molecule has 0 spiro atoms. The van der Waals surface area contributed by atoms with Crippen molar-refractivity contribution >= 4 is 17.5 Å². The first kappa shape index (κ1) is 21.4. The number of benzene rings is 3. The van der Waals surface area contributed by atoms with Gasteiger partial charge < -0.3 is 9.64 Å². The monoisotopic (exact) mass is 434 g/mol. The Bertz CT molecular complexity index is 1030. The highest BCUT2D eigenvalue weighted by Gasteiger charge is 2.22. The van der Waals surface area contributed by atoms with E-state index >= 15 is 0 Å². The normalized spacial score (nSPS) is 14.5. The summed E-state index contributed by atoms with van der Waals surface area (Å²) in [4.78, 5) is 17.4. The Hall–Kier alpha value is -2.82. The highest BCUT2D eigenvalue weighted by Crippen LogP contribution is 2.24. The molecule has 5 heteroatoms. The zero-order chi connectivity index (χ0) is 21.6. The van der Waals surface area contributed by atoms with E-state index in [1.54, 1.807) is 6.07 Å². The summed E-state index contributed by atoms with van der Waals surface area (Å²) in [6, 6.07) is 23.7. The van der Waals surface area contributed by atoms with Crippen molar-refractivity contribution in [1.82, 2.24) is 9.80 Å². The van der Waals surface area contributed by atoms with E-state index in [0.29, 0.717) is 22.9 Å². The lowest BCUT2D eigenvalue weighted by Gasteiger charge is -2.35. The molecule has 0 aromatic heterocycles. The Balaban J connectivity index is 1.32. The zero-order valence-electron chi connectivity index (χ0n) is 17.8. The Morgan fingerprint density at radius 2 is 1.65 bits per heavy atom. The van der Waals surface area contributed by atoms with E-state index in [2.05, 4.69) is 36.1 Å². The van der Waals surface area contributed by atoms with Crippen LogP contribution in [0.3, 0.4) is 0 Å². The van der Waals surface area contributed by atoms with Crippen LogP contribution in [-0.4, -0.2) is 41.9 Å². The molecule has 0 unspecified atom stereocenters. The molecule has 31 heavy (non-hydrogen) atoms. The van der Waals surface area contributed by atoms with E-state index in [-0.39, 0.29) is 5.91 Å². The summed E-state index contributed by atoms with van der Waals surface area (Å²) in [6.45, 7) is 6.65. The topological polar surface area (TPSA) is 32.8 Å². The number of halogens is 1. The van der Waals surface area contributed by atoms with E-state index in [4.69, 9.17) is 16.3 Å². The molecule has 1 fully saturated rings. The molecule has 1 amide bonds. The quantitative estimate of drug-likeness (QED) is 0.535. The van der Waals surface area contributed by atoms with Gasteiger partial charge in [-0.3, -0.25) is 9.69 Å². The van der Waals surface area contributed by atoms with Crippen LogP contribution in [0.15, 0.2) is 72.8 Å². The third-order valence-corrected chi connectivity index (χ3v) is 5.90. The lowest BCUT2D eigenvalue weighted by Crippen LogP contribution is -2.48. The molecule has 0 radical (unpaired) electrons. The van der Waals surface area contributed by atoms with E-state index in [1.165, 1.54) is 11.1 Å². The molecule has 4 nitrogen and oxygen atoms in total. The van der Waals surface area contributed by atoms with Crippen molar-refractivity contribution in [2.75, 3.05) is 26.2 Å². The summed E-state index contributed by atoms with van der Waals surface area (Å²) in [7, 11) is 0. The largest absolute Gasteiger partial charge is 0.487 e. The highest BCUT2D eigenvalue weighted by atomic mass is 35.5. The van der Waals surface area contributed by atoms with Gasteiger partial charge in [-0.1, -0.05) is 65.7 Å². The second kappa shape index (κ2) is 9.99. The number of ether oxygens (including phenoxy) is 1. The molecule has 3 aromatic rings. The second-order valence-corrected chi connectivity index (χ2v) is 8.38. The van der Waals surface area contributed by atoms with Gasteiger partial charge in [-0.2, -0.15) is 0 Å². The van der Waals surface area contributed by atoms with Crippen molar-refractivity contribution in [3.8, 4) is 5.75 Å². The van der Waals surface area contributed by atoms with Crippen LogP contribution in [0.5, 0.6) is 5.75 Å². The highest BCUT2D eigenvalue weighted by molar-refractivity contribution is 6.32. The molecule has 0 bridgehead atoms. The third-order valence-electron chi connectivity index (χ3n) is 5.59. The molecule has 1 heterocycles. The number of aryl methyl sites for hydroxylation is 1. The second-order valence-electron chi connectivity index (χ2n) is 7.97. The predicted octanol–water partition coefficient (Wildman–Crippen LogP) is 5.19. The first-order chi connectivity index (χ1) is 15.1. The molecular weight excluding hydrogens is 408 g/mol. The summed E-state index contributed by atoms with van der Waals surface area (Å²) in [5, 5.41) is 0.582. The number of nitrogens with zero attached hydrogens (tertiary/aromatic N) is 2. The summed E-state index contributed by atoms with van der Waals surface area (Å²) < 4.78 is 5.82. The molecule has 0 atom stereocenters. The third kappa shape index (κ3) is 5.66. The van der Waals surface area contributed by atoms with Crippen molar-refractivity contribution in [2.24, 2.45) is 0 Å². The van der Waals surface area contributed by atoms with Crippen molar-refractivity contribution in [2.45, 2.75) is 20.1 Å². The average Bonchev–Trinajstić information content (AvgIpc) is 2.80. The van der Waals surface area contributed by atoms with E-state index in [0.717, 1.165) is 38.3 Å². The average molecular weight is 435 g/mol. The molecule has 160 valence electrons. The smallest absolute Gasteiger partial charge is 0.253 e. The minimum absolute atomic E-state index is 0.0783. The van der Waals surface area contributed by atoms with Gasteiger partial charge in [0.1, 0.15) is 12.4 Å². The standard InChI is InChI=1S/C26H27ClN2O2/c1-20-9-11-21(12-10-20)18-28-13-15-29(16-14-28)26(30)23-6-4-5-22(17-23)19-31-25-8-3-2-7-24(25)27/h2-12,17H,13-16,18-19H2,1H3. The van der Waals surface area contributed by atoms with Crippen LogP contribution >= 0.6 is 11.6 Å². The van der Waals surface area contributed by atoms with Gasteiger partial charge in [0.15, 0.2) is 0 Å². The predicted molar refractivity (Wildman–Crippen MR) is 125 cm³/mol. The molecule has 1 aliphatic heterocycles. The molecule has 0 aliphatic carbocycles. The number of hydrogen-bond donors (Lipinski definition) is 0. The lowest BCUT2D eigenvalue weighted by molar-refractivity contribution is 0.0628. The molecular formula is C26H27ClN2O2. The minimum Gasteiger partial charge on any atom is -0.487 e. The van der Waals surface area contributed by atoms with E-state index in [9.17, 15) is 4.79 Å². The summed E-state index contributed by atoms with van der Waals surface area (Å²) in [5.41, 5.74) is 4.24.